The van der Waals surface area contributed by atoms with E-state index in [0.29, 0.717) is 13.2 Å². The maximum atomic E-state index is 5.88. The summed E-state index contributed by atoms with van der Waals surface area (Å²) in [4.78, 5) is 4.31. The van der Waals surface area contributed by atoms with Crippen LogP contribution in [0.25, 0.3) is 11.1 Å². The van der Waals surface area contributed by atoms with Crippen LogP contribution in [0.5, 0.6) is 17.2 Å². The number of pyridine rings is 1. The Labute approximate surface area is 154 Å². The Bertz CT molecular complexity index is 834. The molecule has 0 spiro atoms. The highest BCUT2D eigenvalue weighted by Crippen LogP contribution is 2.33. The predicted octanol–water partition coefficient (Wildman–Crippen LogP) is 5.13. The van der Waals surface area contributed by atoms with Crippen molar-refractivity contribution >= 4 is 0 Å². The van der Waals surface area contributed by atoms with E-state index in [1.807, 2.05) is 60.8 Å². The van der Waals surface area contributed by atoms with Crippen molar-refractivity contribution in [3.05, 3.63) is 72.6 Å². The Morgan fingerprint density at radius 3 is 2.46 bits per heavy atom. The standard InChI is InChI=1S/C22H23NO3/c1-3-11-25-22-13-18(9-10-21(22)24-2)19-12-20(15-23-14-19)26-16-17-7-5-4-6-8-17/h4-10,12-15H,3,11,16H2,1-2H3. The average molecular weight is 349 g/mol. The van der Waals surface area contributed by atoms with E-state index in [-0.39, 0.29) is 0 Å². The van der Waals surface area contributed by atoms with Gasteiger partial charge in [0, 0.05) is 11.8 Å². The summed E-state index contributed by atoms with van der Waals surface area (Å²) < 4.78 is 17.1. The number of nitrogens with zero attached hydrogens (tertiary/aromatic N) is 1. The highest BCUT2D eigenvalue weighted by atomic mass is 16.5. The van der Waals surface area contributed by atoms with Crippen LogP contribution in [-0.4, -0.2) is 18.7 Å². The molecule has 0 radical (unpaired) electrons. The molecule has 0 aliphatic carbocycles. The number of hydrogen-bond acceptors (Lipinski definition) is 4. The van der Waals surface area contributed by atoms with E-state index in [1.54, 1.807) is 13.3 Å². The second-order valence-corrected chi connectivity index (χ2v) is 5.90. The zero-order valence-corrected chi connectivity index (χ0v) is 15.1. The van der Waals surface area contributed by atoms with Crippen LogP contribution in [0.15, 0.2) is 67.0 Å². The molecule has 2 aromatic carbocycles. The first-order valence-corrected chi connectivity index (χ1v) is 8.73. The predicted molar refractivity (Wildman–Crippen MR) is 103 cm³/mol. The molecule has 3 rings (SSSR count). The van der Waals surface area contributed by atoms with Crippen LogP contribution >= 0.6 is 0 Å². The highest BCUT2D eigenvalue weighted by Gasteiger charge is 2.08. The van der Waals surface area contributed by atoms with Crippen molar-refractivity contribution in [2.75, 3.05) is 13.7 Å². The van der Waals surface area contributed by atoms with Crippen LogP contribution in [0.1, 0.15) is 18.9 Å². The van der Waals surface area contributed by atoms with Gasteiger partial charge in [-0.3, -0.25) is 4.98 Å². The molecule has 1 heterocycles. The molecule has 0 atom stereocenters. The number of aromatic nitrogens is 1. The lowest BCUT2D eigenvalue weighted by Gasteiger charge is -2.12. The van der Waals surface area contributed by atoms with E-state index in [1.165, 1.54) is 0 Å². The molecule has 0 aliphatic rings. The monoisotopic (exact) mass is 349 g/mol. The zero-order valence-electron chi connectivity index (χ0n) is 15.1. The van der Waals surface area contributed by atoms with Crippen molar-refractivity contribution in [1.82, 2.24) is 4.98 Å². The molecule has 3 aromatic rings. The van der Waals surface area contributed by atoms with Crippen LogP contribution in [0.4, 0.5) is 0 Å². The van der Waals surface area contributed by atoms with Gasteiger partial charge in [0.05, 0.1) is 19.9 Å². The van der Waals surface area contributed by atoms with Gasteiger partial charge in [-0.2, -0.15) is 0 Å². The first-order chi connectivity index (χ1) is 12.8. The van der Waals surface area contributed by atoms with E-state index in [9.17, 15) is 0 Å². The van der Waals surface area contributed by atoms with Crippen LogP contribution in [0, 0.1) is 0 Å². The highest BCUT2D eigenvalue weighted by molar-refractivity contribution is 5.67. The Kier molecular flexibility index (Phi) is 6.09. The van der Waals surface area contributed by atoms with Gasteiger partial charge in [0.1, 0.15) is 12.4 Å². The van der Waals surface area contributed by atoms with E-state index in [4.69, 9.17) is 14.2 Å². The fourth-order valence-corrected chi connectivity index (χ4v) is 2.58. The van der Waals surface area contributed by atoms with Gasteiger partial charge in [-0.25, -0.2) is 0 Å². The van der Waals surface area contributed by atoms with Gasteiger partial charge in [-0.1, -0.05) is 43.3 Å². The molecule has 0 unspecified atom stereocenters. The lowest BCUT2D eigenvalue weighted by molar-refractivity contribution is 0.294. The molecule has 0 fully saturated rings. The van der Waals surface area contributed by atoms with E-state index in [2.05, 4.69) is 11.9 Å². The Morgan fingerprint density at radius 1 is 0.846 bits per heavy atom. The Morgan fingerprint density at radius 2 is 1.69 bits per heavy atom. The number of methoxy groups -OCH3 is 1. The molecule has 1 aromatic heterocycles. The molecule has 0 saturated carbocycles. The van der Waals surface area contributed by atoms with Gasteiger partial charge < -0.3 is 14.2 Å². The third kappa shape index (κ3) is 4.54. The lowest BCUT2D eigenvalue weighted by atomic mass is 10.1. The second-order valence-electron chi connectivity index (χ2n) is 5.90. The Hall–Kier alpha value is -3.01. The van der Waals surface area contributed by atoms with E-state index >= 15 is 0 Å². The van der Waals surface area contributed by atoms with Crippen molar-refractivity contribution < 1.29 is 14.2 Å². The SMILES string of the molecule is CCCOc1cc(-c2cncc(OCc3ccccc3)c2)ccc1OC. The van der Waals surface area contributed by atoms with Crippen molar-refractivity contribution in [2.45, 2.75) is 20.0 Å². The van der Waals surface area contributed by atoms with Gasteiger partial charge in [-0.05, 0) is 35.7 Å². The minimum absolute atomic E-state index is 0.513. The summed E-state index contributed by atoms with van der Waals surface area (Å²) in [6.45, 7) is 3.24. The normalized spacial score (nSPS) is 10.4. The first kappa shape index (κ1) is 17.8. The second kappa shape index (κ2) is 8.90. The topological polar surface area (TPSA) is 40.6 Å². The smallest absolute Gasteiger partial charge is 0.161 e. The Balaban J connectivity index is 1.78. The summed E-state index contributed by atoms with van der Waals surface area (Å²) >= 11 is 0. The maximum Gasteiger partial charge on any atom is 0.161 e. The molecule has 0 N–H and O–H groups in total. The third-order valence-corrected chi connectivity index (χ3v) is 3.92. The van der Waals surface area contributed by atoms with Gasteiger partial charge in [0.25, 0.3) is 0 Å². The van der Waals surface area contributed by atoms with Gasteiger partial charge in [0.15, 0.2) is 11.5 Å². The number of hydrogen-bond donors (Lipinski definition) is 0. The minimum Gasteiger partial charge on any atom is -0.493 e. The molecular weight excluding hydrogens is 326 g/mol. The number of ether oxygens (including phenoxy) is 3. The number of benzene rings is 2. The van der Waals surface area contributed by atoms with Crippen LogP contribution < -0.4 is 14.2 Å². The van der Waals surface area contributed by atoms with E-state index in [0.717, 1.165) is 40.4 Å². The third-order valence-electron chi connectivity index (χ3n) is 3.92. The van der Waals surface area contributed by atoms with Crippen LogP contribution in [0.3, 0.4) is 0 Å². The summed E-state index contributed by atoms with van der Waals surface area (Å²) in [6, 6.07) is 18.0. The number of rotatable bonds is 8. The van der Waals surface area contributed by atoms with Gasteiger partial charge in [0.2, 0.25) is 0 Å². The van der Waals surface area contributed by atoms with E-state index < -0.39 is 0 Å². The van der Waals surface area contributed by atoms with Crippen molar-refractivity contribution in [3.63, 3.8) is 0 Å². The average Bonchev–Trinajstić information content (AvgIpc) is 2.71. The fraction of sp³-hybridized carbons (Fsp3) is 0.227. The molecule has 0 saturated heterocycles. The van der Waals surface area contributed by atoms with Crippen molar-refractivity contribution in [3.8, 4) is 28.4 Å². The van der Waals surface area contributed by atoms with Crippen LogP contribution in [-0.2, 0) is 6.61 Å². The molecule has 0 amide bonds. The quantitative estimate of drug-likeness (QED) is 0.565. The van der Waals surface area contributed by atoms with Gasteiger partial charge >= 0.3 is 0 Å². The largest absolute Gasteiger partial charge is 0.493 e. The van der Waals surface area contributed by atoms with Crippen molar-refractivity contribution in [2.24, 2.45) is 0 Å². The fourth-order valence-electron chi connectivity index (χ4n) is 2.58. The summed E-state index contributed by atoms with van der Waals surface area (Å²) in [5.41, 5.74) is 3.10. The lowest BCUT2D eigenvalue weighted by Crippen LogP contribution is -1.98. The van der Waals surface area contributed by atoms with Gasteiger partial charge in [-0.15, -0.1) is 0 Å². The summed E-state index contributed by atoms with van der Waals surface area (Å²) in [7, 11) is 1.65. The molecular formula is C22H23NO3. The first-order valence-electron chi connectivity index (χ1n) is 8.73. The summed E-state index contributed by atoms with van der Waals surface area (Å²) in [5.74, 6) is 2.20. The minimum atomic E-state index is 0.513. The maximum absolute atomic E-state index is 5.88. The zero-order chi connectivity index (χ0) is 18.2. The molecule has 4 heteroatoms. The molecule has 4 nitrogen and oxygen atoms in total. The molecule has 0 bridgehead atoms. The molecule has 26 heavy (non-hydrogen) atoms. The summed E-state index contributed by atoms with van der Waals surface area (Å²) in [5, 5.41) is 0. The van der Waals surface area contributed by atoms with Crippen LogP contribution in [0.2, 0.25) is 0 Å². The molecule has 134 valence electrons. The summed E-state index contributed by atoms with van der Waals surface area (Å²) in [6.07, 6.45) is 4.49. The molecule has 0 aliphatic heterocycles. The van der Waals surface area contributed by atoms with Crippen molar-refractivity contribution in [1.29, 1.82) is 0 Å².